The summed E-state index contributed by atoms with van der Waals surface area (Å²) in [6, 6.07) is 0. The van der Waals surface area contributed by atoms with Gasteiger partial charge in [-0.2, -0.15) is 17.6 Å². The van der Waals surface area contributed by atoms with Crippen molar-refractivity contribution >= 4 is 11.9 Å². The molecule has 0 atom stereocenters. The molecular weight excluding hydrogens is 212 g/mol. The Labute approximate surface area is 75.1 Å². The minimum Gasteiger partial charge on any atom is -0.400 e. The minimum atomic E-state index is -3.33. The van der Waals surface area contributed by atoms with Gasteiger partial charge in [-0.3, -0.25) is 0 Å². The van der Waals surface area contributed by atoms with Gasteiger partial charge in [0.05, 0.1) is 0 Å². The van der Waals surface area contributed by atoms with E-state index in [9.17, 15) is 27.2 Å². The molecular formula is C6H4F4O4. The Morgan fingerprint density at radius 1 is 0.857 bits per heavy atom. The molecule has 0 aliphatic carbocycles. The molecule has 0 aliphatic rings. The van der Waals surface area contributed by atoms with Crippen molar-refractivity contribution in [2.45, 2.75) is 13.2 Å². The number of halogens is 4. The minimum absolute atomic E-state index is 0.247. The van der Waals surface area contributed by atoms with Crippen LogP contribution in [0.15, 0.2) is 12.2 Å². The van der Waals surface area contributed by atoms with Crippen LogP contribution in [0.2, 0.25) is 0 Å². The van der Waals surface area contributed by atoms with Crippen LogP contribution >= 0.6 is 0 Å². The monoisotopic (exact) mass is 216 g/mol. The standard InChI is InChI=1S/C6H4F4O4/c7-5(8)13-3(11)1-2-4(12)14-6(9)10/h1-2,5-6H/b2-1+. The second-order valence-corrected chi connectivity index (χ2v) is 1.73. The molecule has 0 N–H and O–H groups in total. The Kier molecular flexibility index (Phi) is 5.27. The zero-order valence-corrected chi connectivity index (χ0v) is 6.45. The predicted octanol–water partition coefficient (Wildman–Crippen LogP) is 1.07. The summed E-state index contributed by atoms with van der Waals surface area (Å²) in [7, 11) is 0. The number of hydrogen-bond acceptors (Lipinski definition) is 4. The molecule has 0 fully saturated rings. The van der Waals surface area contributed by atoms with Crippen molar-refractivity contribution in [2.75, 3.05) is 0 Å². The van der Waals surface area contributed by atoms with Gasteiger partial charge in [0.2, 0.25) is 0 Å². The molecule has 4 nitrogen and oxygen atoms in total. The lowest BCUT2D eigenvalue weighted by Crippen LogP contribution is -2.09. The van der Waals surface area contributed by atoms with E-state index in [0.29, 0.717) is 0 Å². The number of carbonyl (C=O) groups excluding carboxylic acids is 2. The molecule has 80 valence electrons. The number of alkyl halides is 4. The summed E-state index contributed by atoms with van der Waals surface area (Å²) in [5, 5.41) is 0. The molecule has 0 saturated heterocycles. The third-order valence-electron chi connectivity index (χ3n) is 0.766. The Balaban J connectivity index is 3.92. The van der Waals surface area contributed by atoms with Crippen LogP contribution in [0.1, 0.15) is 0 Å². The molecule has 8 heteroatoms. The lowest BCUT2D eigenvalue weighted by atomic mass is 10.5. The van der Waals surface area contributed by atoms with Crippen LogP contribution in [0.4, 0.5) is 17.6 Å². The highest BCUT2D eigenvalue weighted by molar-refractivity contribution is 5.91. The van der Waals surface area contributed by atoms with E-state index in [1.165, 1.54) is 0 Å². The van der Waals surface area contributed by atoms with Crippen LogP contribution < -0.4 is 0 Å². The van der Waals surface area contributed by atoms with E-state index in [2.05, 4.69) is 9.47 Å². The highest BCUT2D eigenvalue weighted by atomic mass is 19.3. The van der Waals surface area contributed by atoms with E-state index >= 15 is 0 Å². The maximum atomic E-state index is 11.3. The van der Waals surface area contributed by atoms with Crippen molar-refractivity contribution in [3.63, 3.8) is 0 Å². The highest BCUT2D eigenvalue weighted by Crippen LogP contribution is 1.98. The van der Waals surface area contributed by atoms with E-state index in [4.69, 9.17) is 0 Å². The Morgan fingerprint density at radius 3 is 1.36 bits per heavy atom. The van der Waals surface area contributed by atoms with Gasteiger partial charge in [0.25, 0.3) is 0 Å². The third-order valence-corrected chi connectivity index (χ3v) is 0.766. The summed E-state index contributed by atoms with van der Waals surface area (Å²) in [5.74, 6) is -3.07. The zero-order chi connectivity index (χ0) is 11.1. The van der Waals surface area contributed by atoms with E-state index in [1.54, 1.807) is 0 Å². The summed E-state index contributed by atoms with van der Waals surface area (Å²) in [4.78, 5) is 20.5. The summed E-state index contributed by atoms with van der Waals surface area (Å²) in [6.07, 6.45) is 0.494. The molecule has 14 heavy (non-hydrogen) atoms. The van der Waals surface area contributed by atoms with Crippen LogP contribution in [-0.4, -0.2) is 25.2 Å². The summed E-state index contributed by atoms with van der Waals surface area (Å²) in [6.45, 7) is -6.67. The molecule has 0 aromatic rings. The molecule has 0 rings (SSSR count). The van der Waals surface area contributed by atoms with Crippen molar-refractivity contribution in [1.82, 2.24) is 0 Å². The molecule has 0 radical (unpaired) electrons. The van der Waals surface area contributed by atoms with E-state index in [1.807, 2.05) is 0 Å². The first-order valence-electron chi connectivity index (χ1n) is 3.07. The van der Waals surface area contributed by atoms with E-state index < -0.39 is 25.2 Å². The van der Waals surface area contributed by atoms with Crippen molar-refractivity contribution < 1.29 is 36.6 Å². The first-order chi connectivity index (χ1) is 6.41. The van der Waals surface area contributed by atoms with Crippen LogP contribution in [0.25, 0.3) is 0 Å². The Hall–Kier alpha value is -1.60. The number of esters is 2. The molecule has 0 bridgehead atoms. The SMILES string of the molecule is O=C(/C=C/C(=O)OC(F)F)OC(F)F. The van der Waals surface area contributed by atoms with Crippen molar-refractivity contribution in [2.24, 2.45) is 0 Å². The fourth-order valence-electron chi connectivity index (χ4n) is 0.390. The Bertz CT molecular complexity index is 214. The average Bonchev–Trinajstić information content (AvgIpc) is 1.98. The van der Waals surface area contributed by atoms with Gasteiger partial charge in [-0.1, -0.05) is 0 Å². The van der Waals surface area contributed by atoms with Gasteiger partial charge >= 0.3 is 25.2 Å². The maximum Gasteiger partial charge on any atom is 0.389 e. The molecule has 0 saturated carbocycles. The first kappa shape index (κ1) is 12.4. The smallest absolute Gasteiger partial charge is 0.389 e. The Morgan fingerprint density at radius 2 is 1.14 bits per heavy atom. The molecule has 0 unspecified atom stereocenters. The number of rotatable bonds is 4. The number of hydrogen-bond donors (Lipinski definition) is 0. The van der Waals surface area contributed by atoms with Crippen molar-refractivity contribution in [3.05, 3.63) is 12.2 Å². The lowest BCUT2D eigenvalue weighted by molar-refractivity contribution is -0.173. The highest BCUT2D eigenvalue weighted by Gasteiger charge is 2.10. The van der Waals surface area contributed by atoms with Crippen LogP contribution in [-0.2, 0) is 19.1 Å². The first-order valence-corrected chi connectivity index (χ1v) is 3.07. The zero-order valence-electron chi connectivity index (χ0n) is 6.45. The molecule has 0 aliphatic heterocycles. The molecule has 0 aromatic heterocycles. The van der Waals surface area contributed by atoms with Gasteiger partial charge in [0.15, 0.2) is 0 Å². The summed E-state index contributed by atoms with van der Waals surface area (Å²) < 4.78 is 51.7. The van der Waals surface area contributed by atoms with E-state index in [-0.39, 0.29) is 12.2 Å². The second kappa shape index (κ2) is 5.95. The molecule has 0 heterocycles. The van der Waals surface area contributed by atoms with Crippen molar-refractivity contribution in [3.8, 4) is 0 Å². The molecule has 0 aromatic carbocycles. The topological polar surface area (TPSA) is 52.6 Å². The normalized spacial score (nSPS) is 11.0. The van der Waals surface area contributed by atoms with Gasteiger partial charge in [-0.15, -0.1) is 0 Å². The fraction of sp³-hybridized carbons (Fsp3) is 0.333. The summed E-state index contributed by atoms with van der Waals surface area (Å²) in [5.41, 5.74) is 0. The van der Waals surface area contributed by atoms with Gasteiger partial charge in [0.1, 0.15) is 0 Å². The van der Waals surface area contributed by atoms with Crippen LogP contribution in [0.5, 0.6) is 0 Å². The molecule has 0 amide bonds. The van der Waals surface area contributed by atoms with E-state index in [0.717, 1.165) is 0 Å². The predicted molar refractivity (Wildman–Crippen MR) is 33.3 cm³/mol. The average molecular weight is 216 g/mol. The molecule has 0 spiro atoms. The summed E-state index contributed by atoms with van der Waals surface area (Å²) >= 11 is 0. The van der Waals surface area contributed by atoms with Gasteiger partial charge in [0, 0.05) is 12.2 Å². The third kappa shape index (κ3) is 7.07. The van der Waals surface area contributed by atoms with Gasteiger partial charge in [-0.25, -0.2) is 9.59 Å². The van der Waals surface area contributed by atoms with Crippen LogP contribution in [0.3, 0.4) is 0 Å². The maximum absolute atomic E-state index is 11.3. The second-order valence-electron chi connectivity index (χ2n) is 1.73. The van der Waals surface area contributed by atoms with Crippen LogP contribution in [0, 0.1) is 0 Å². The lowest BCUT2D eigenvalue weighted by Gasteiger charge is -1.98. The number of ether oxygens (including phenoxy) is 2. The fourth-order valence-corrected chi connectivity index (χ4v) is 0.390. The van der Waals surface area contributed by atoms with Gasteiger partial charge in [-0.05, 0) is 0 Å². The van der Waals surface area contributed by atoms with Gasteiger partial charge < -0.3 is 9.47 Å². The largest absolute Gasteiger partial charge is 0.400 e. The van der Waals surface area contributed by atoms with Crippen molar-refractivity contribution in [1.29, 1.82) is 0 Å². The number of carbonyl (C=O) groups is 2. The quantitative estimate of drug-likeness (QED) is 0.400.